The number of aryl methyl sites for hydroxylation is 3. The van der Waals surface area contributed by atoms with E-state index in [9.17, 15) is 14.7 Å². The van der Waals surface area contributed by atoms with Crippen molar-refractivity contribution in [1.29, 1.82) is 0 Å². The first-order valence-electron chi connectivity index (χ1n) is 11.2. The molecular formula is C26H25N5O3. The smallest absolute Gasteiger partial charge is 0.295 e. The van der Waals surface area contributed by atoms with Crippen LogP contribution in [-0.2, 0) is 16.1 Å². The van der Waals surface area contributed by atoms with E-state index in [0.717, 1.165) is 11.1 Å². The normalized spacial score (nSPS) is 17.7. The number of nitrogens with zero attached hydrogens (tertiary/aromatic N) is 5. The second-order valence-corrected chi connectivity index (χ2v) is 8.53. The Morgan fingerprint density at radius 1 is 1.03 bits per heavy atom. The van der Waals surface area contributed by atoms with Crippen molar-refractivity contribution in [3.8, 4) is 0 Å². The van der Waals surface area contributed by atoms with Crippen LogP contribution in [-0.4, -0.2) is 47.2 Å². The molecule has 4 aromatic rings. The molecule has 1 aliphatic rings. The third-order valence-electron chi connectivity index (χ3n) is 6.24. The van der Waals surface area contributed by atoms with Gasteiger partial charge in [0.1, 0.15) is 11.3 Å². The van der Waals surface area contributed by atoms with E-state index in [2.05, 4.69) is 9.97 Å². The second-order valence-electron chi connectivity index (χ2n) is 8.53. The molecule has 1 fully saturated rings. The lowest BCUT2D eigenvalue weighted by Gasteiger charge is -2.25. The van der Waals surface area contributed by atoms with Crippen molar-refractivity contribution in [2.75, 3.05) is 6.54 Å². The van der Waals surface area contributed by atoms with Gasteiger partial charge in [-0.3, -0.25) is 14.0 Å². The molecular weight excluding hydrogens is 430 g/mol. The van der Waals surface area contributed by atoms with Crippen LogP contribution in [0, 0.1) is 13.8 Å². The van der Waals surface area contributed by atoms with Crippen LogP contribution < -0.4 is 0 Å². The number of rotatable bonds is 6. The number of pyridine rings is 1. The molecule has 8 nitrogen and oxygen atoms in total. The molecule has 1 atom stereocenters. The zero-order valence-electron chi connectivity index (χ0n) is 19.0. The lowest BCUT2D eigenvalue weighted by molar-refractivity contribution is -0.139. The molecule has 0 bridgehead atoms. The van der Waals surface area contributed by atoms with Crippen LogP contribution >= 0.6 is 0 Å². The first-order chi connectivity index (χ1) is 16.5. The predicted molar refractivity (Wildman–Crippen MR) is 127 cm³/mol. The molecule has 172 valence electrons. The number of aliphatic hydroxyl groups is 1. The molecule has 0 radical (unpaired) electrons. The minimum absolute atomic E-state index is 0.0882. The molecule has 0 saturated carbocycles. The van der Waals surface area contributed by atoms with Crippen LogP contribution in [0.25, 0.3) is 11.4 Å². The Bertz CT molecular complexity index is 1400. The Morgan fingerprint density at radius 2 is 1.82 bits per heavy atom. The zero-order chi connectivity index (χ0) is 23.8. The molecule has 4 heterocycles. The number of hydrogen-bond donors (Lipinski definition) is 1. The van der Waals surface area contributed by atoms with Crippen molar-refractivity contribution in [3.05, 3.63) is 95.5 Å². The fourth-order valence-corrected chi connectivity index (χ4v) is 4.57. The fraction of sp³-hybridized carbons (Fsp3) is 0.231. The van der Waals surface area contributed by atoms with Crippen LogP contribution in [0.15, 0.2) is 73.0 Å². The average molecular weight is 456 g/mol. The topological polar surface area (TPSA) is 92.7 Å². The van der Waals surface area contributed by atoms with Gasteiger partial charge in [-0.1, -0.05) is 35.9 Å². The van der Waals surface area contributed by atoms with Gasteiger partial charge in [-0.05, 0) is 38.0 Å². The molecule has 1 saturated heterocycles. The van der Waals surface area contributed by atoms with Crippen molar-refractivity contribution >= 4 is 23.1 Å². The lowest BCUT2D eigenvalue weighted by atomic mass is 9.95. The van der Waals surface area contributed by atoms with Crippen LogP contribution in [0.2, 0.25) is 0 Å². The summed E-state index contributed by atoms with van der Waals surface area (Å²) in [5.41, 5.74) is 3.59. The van der Waals surface area contributed by atoms with Crippen LogP contribution in [0.3, 0.4) is 0 Å². The highest BCUT2D eigenvalue weighted by Crippen LogP contribution is 2.40. The van der Waals surface area contributed by atoms with Gasteiger partial charge in [-0.25, -0.2) is 9.97 Å². The summed E-state index contributed by atoms with van der Waals surface area (Å²) >= 11 is 0. The van der Waals surface area contributed by atoms with Crippen LogP contribution in [0.1, 0.15) is 35.0 Å². The Hall–Kier alpha value is -4.20. The van der Waals surface area contributed by atoms with Crippen molar-refractivity contribution < 1.29 is 14.7 Å². The molecule has 34 heavy (non-hydrogen) atoms. The Kier molecular flexibility index (Phi) is 5.49. The number of Topliss-reactive ketones (excluding diaryl/α,β-unsaturated/α-hetero) is 1. The number of likely N-dealkylation sites (tertiary alicyclic amines) is 1. The zero-order valence-corrected chi connectivity index (χ0v) is 19.0. The molecule has 5 rings (SSSR count). The number of aliphatic hydroxyl groups excluding tert-OH is 1. The Labute approximate surface area is 196 Å². The summed E-state index contributed by atoms with van der Waals surface area (Å²) in [4.78, 5) is 36.6. The highest BCUT2D eigenvalue weighted by Gasteiger charge is 2.46. The van der Waals surface area contributed by atoms with Gasteiger partial charge < -0.3 is 14.6 Å². The summed E-state index contributed by atoms with van der Waals surface area (Å²) in [6.45, 7) is 4.79. The van der Waals surface area contributed by atoms with Crippen molar-refractivity contribution in [1.82, 2.24) is 23.8 Å². The minimum atomic E-state index is -0.684. The maximum absolute atomic E-state index is 13.3. The van der Waals surface area contributed by atoms with E-state index in [1.165, 1.54) is 0 Å². The third-order valence-corrected chi connectivity index (χ3v) is 6.24. The van der Waals surface area contributed by atoms with Gasteiger partial charge >= 0.3 is 0 Å². The lowest BCUT2D eigenvalue weighted by Crippen LogP contribution is -2.31. The maximum Gasteiger partial charge on any atom is 0.295 e. The summed E-state index contributed by atoms with van der Waals surface area (Å²) in [5, 5.41) is 11.5. The van der Waals surface area contributed by atoms with Gasteiger partial charge in [-0.15, -0.1) is 0 Å². The van der Waals surface area contributed by atoms with Gasteiger partial charge in [-0.2, -0.15) is 0 Å². The molecule has 1 aliphatic heterocycles. The number of imidazole rings is 2. The van der Waals surface area contributed by atoms with E-state index in [1.54, 1.807) is 34.9 Å². The summed E-state index contributed by atoms with van der Waals surface area (Å²) in [7, 11) is 0. The van der Waals surface area contributed by atoms with Gasteiger partial charge in [0.25, 0.3) is 11.7 Å². The van der Waals surface area contributed by atoms with E-state index < -0.39 is 17.7 Å². The molecule has 1 aromatic carbocycles. The highest BCUT2D eigenvalue weighted by molar-refractivity contribution is 6.46. The first kappa shape index (κ1) is 21.6. The Balaban J connectivity index is 1.60. The largest absolute Gasteiger partial charge is 0.505 e. The van der Waals surface area contributed by atoms with Crippen molar-refractivity contribution in [2.45, 2.75) is 32.9 Å². The van der Waals surface area contributed by atoms with E-state index in [-0.39, 0.29) is 11.3 Å². The van der Waals surface area contributed by atoms with E-state index in [4.69, 9.17) is 0 Å². The molecule has 0 spiro atoms. The van der Waals surface area contributed by atoms with Crippen LogP contribution in [0.4, 0.5) is 0 Å². The van der Waals surface area contributed by atoms with Crippen molar-refractivity contribution in [2.24, 2.45) is 0 Å². The molecule has 0 aliphatic carbocycles. The Morgan fingerprint density at radius 3 is 2.56 bits per heavy atom. The predicted octanol–water partition coefficient (Wildman–Crippen LogP) is 3.66. The number of carbonyl (C=O) groups excluding carboxylic acids is 2. The highest BCUT2D eigenvalue weighted by atomic mass is 16.3. The summed E-state index contributed by atoms with van der Waals surface area (Å²) in [5.74, 6) is -1.50. The summed E-state index contributed by atoms with van der Waals surface area (Å²) < 4.78 is 3.67. The third kappa shape index (κ3) is 3.67. The van der Waals surface area contributed by atoms with Gasteiger partial charge in [0.05, 0.1) is 23.6 Å². The summed E-state index contributed by atoms with van der Waals surface area (Å²) in [6, 6.07) is 12.5. The van der Waals surface area contributed by atoms with Gasteiger partial charge in [0.2, 0.25) is 0 Å². The maximum atomic E-state index is 13.3. The number of fused-ring (bicyclic) bond motifs is 1. The van der Waals surface area contributed by atoms with Gasteiger partial charge in [0, 0.05) is 31.7 Å². The molecule has 1 N–H and O–H groups in total. The number of hydrogen-bond acceptors (Lipinski definition) is 5. The van der Waals surface area contributed by atoms with Crippen LogP contribution in [0.5, 0.6) is 0 Å². The quantitative estimate of drug-likeness (QED) is 0.272. The molecule has 3 aromatic heterocycles. The van der Waals surface area contributed by atoms with Gasteiger partial charge in [0.15, 0.2) is 5.76 Å². The van der Waals surface area contributed by atoms with E-state index in [1.807, 2.05) is 60.2 Å². The minimum Gasteiger partial charge on any atom is -0.505 e. The summed E-state index contributed by atoms with van der Waals surface area (Å²) in [6.07, 6.45) is 7.71. The SMILES string of the molecule is Cc1ccc([C@@H]2C(=C(O)c3c(C)nc4ccccn34)C(=O)C(=O)N2CCCn2ccnc2)cc1. The number of amides is 1. The molecule has 8 heteroatoms. The number of benzene rings is 1. The van der Waals surface area contributed by atoms with E-state index >= 15 is 0 Å². The molecule has 1 amide bonds. The average Bonchev–Trinajstić information content (AvgIpc) is 3.52. The monoisotopic (exact) mass is 455 g/mol. The standard InChI is InChI=1S/C26H25N5O3/c1-17-7-9-19(10-8-17)23-21(24(32)22-18(2)28-20-6-3-4-13-30(20)22)25(33)26(34)31(23)14-5-12-29-15-11-27-16-29/h3-4,6-11,13,15-16,23,32H,5,12,14H2,1-2H3/t23-/m1/s1. The molecule has 0 unspecified atom stereocenters. The van der Waals surface area contributed by atoms with E-state index in [0.29, 0.717) is 36.5 Å². The fourth-order valence-electron chi connectivity index (χ4n) is 4.57. The number of ketones is 1. The number of aromatic nitrogens is 4. The first-order valence-corrected chi connectivity index (χ1v) is 11.2. The van der Waals surface area contributed by atoms with Crippen molar-refractivity contribution in [3.63, 3.8) is 0 Å². The number of carbonyl (C=O) groups is 2. The second kappa shape index (κ2) is 8.62.